The molecule has 0 unspecified atom stereocenters. The summed E-state index contributed by atoms with van der Waals surface area (Å²) < 4.78 is 5.58. The standard InChI is InChI=1S/C15H14ClN5O2S2/c1-8(14(22)19-12-4-3-10(16)6-17-12)25-15-21-20-13(23-15)5-11-7-24-9(2)18-11/h3-4,6-8H,5H2,1-2H3,(H,17,19,22)/t8-/m0/s1. The molecule has 0 bridgehead atoms. The molecule has 130 valence electrons. The molecule has 7 nitrogen and oxygen atoms in total. The van der Waals surface area contributed by atoms with Gasteiger partial charge < -0.3 is 9.73 Å². The quantitative estimate of drug-likeness (QED) is 0.637. The van der Waals surface area contributed by atoms with Crippen molar-refractivity contribution in [2.45, 2.75) is 30.7 Å². The van der Waals surface area contributed by atoms with Crippen LogP contribution in [0.5, 0.6) is 0 Å². The van der Waals surface area contributed by atoms with Gasteiger partial charge in [0.05, 0.1) is 27.4 Å². The second-order valence-corrected chi connectivity index (χ2v) is 7.90. The predicted octanol–water partition coefficient (Wildman–Crippen LogP) is 3.59. The number of aryl methyl sites for hydroxylation is 1. The highest BCUT2D eigenvalue weighted by Gasteiger charge is 2.19. The molecule has 1 N–H and O–H groups in total. The van der Waals surface area contributed by atoms with E-state index in [-0.39, 0.29) is 5.91 Å². The van der Waals surface area contributed by atoms with E-state index in [0.717, 1.165) is 10.7 Å². The minimum atomic E-state index is -0.424. The van der Waals surface area contributed by atoms with Crippen LogP contribution in [0.3, 0.4) is 0 Å². The number of carbonyl (C=O) groups is 1. The Hall–Kier alpha value is -1.97. The third-order valence-electron chi connectivity index (χ3n) is 3.07. The lowest BCUT2D eigenvalue weighted by atomic mass is 10.3. The molecule has 0 aromatic carbocycles. The topological polar surface area (TPSA) is 93.8 Å². The number of halogens is 1. The number of nitrogens with one attached hydrogen (secondary N) is 1. The number of thiazole rings is 1. The van der Waals surface area contributed by atoms with Crippen molar-refractivity contribution in [2.24, 2.45) is 0 Å². The fourth-order valence-electron chi connectivity index (χ4n) is 1.88. The molecule has 3 aromatic rings. The van der Waals surface area contributed by atoms with E-state index in [9.17, 15) is 4.79 Å². The number of rotatable bonds is 6. The summed E-state index contributed by atoms with van der Waals surface area (Å²) in [4.78, 5) is 20.6. The van der Waals surface area contributed by atoms with E-state index in [1.54, 1.807) is 30.4 Å². The van der Waals surface area contributed by atoms with Gasteiger partial charge in [-0.3, -0.25) is 4.79 Å². The summed E-state index contributed by atoms with van der Waals surface area (Å²) in [6, 6.07) is 3.30. The molecule has 0 aliphatic carbocycles. The Balaban J connectivity index is 1.56. The lowest BCUT2D eigenvalue weighted by Gasteiger charge is -2.09. The summed E-state index contributed by atoms with van der Waals surface area (Å²) in [5.41, 5.74) is 0.891. The summed E-state index contributed by atoms with van der Waals surface area (Å²) in [6.07, 6.45) is 1.95. The van der Waals surface area contributed by atoms with Gasteiger partial charge in [-0.2, -0.15) is 0 Å². The molecule has 0 saturated carbocycles. The number of carbonyl (C=O) groups excluding carboxylic acids is 1. The fourth-order valence-corrected chi connectivity index (χ4v) is 3.31. The number of anilines is 1. The van der Waals surface area contributed by atoms with Crippen LogP contribution in [-0.4, -0.2) is 31.3 Å². The molecule has 3 aromatic heterocycles. The molecule has 0 aliphatic rings. The van der Waals surface area contributed by atoms with Gasteiger partial charge in [-0.25, -0.2) is 9.97 Å². The largest absolute Gasteiger partial charge is 0.416 e. The first-order valence-corrected chi connectivity index (χ1v) is 9.46. The Kier molecular flexibility index (Phi) is 5.67. The highest BCUT2D eigenvalue weighted by atomic mass is 35.5. The third kappa shape index (κ3) is 5.00. The zero-order valence-electron chi connectivity index (χ0n) is 13.4. The van der Waals surface area contributed by atoms with E-state index in [1.807, 2.05) is 12.3 Å². The minimum Gasteiger partial charge on any atom is -0.416 e. The van der Waals surface area contributed by atoms with Crippen molar-refractivity contribution in [1.29, 1.82) is 0 Å². The van der Waals surface area contributed by atoms with E-state index in [2.05, 4.69) is 25.5 Å². The van der Waals surface area contributed by atoms with E-state index < -0.39 is 5.25 Å². The molecule has 0 aliphatic heterocycles. The van der Waals surface area contributed by atoms with Crippen LogP contribution in [0.15, 0.2) is 33.3 Å². The lowest BCUT2D eigenvalue weighted by molar-refractivity contribution is -0.115. The average molecular weight is 396 g/mol. The number of thioether (sulfide) groups is 1. The van der Waals surface area contributed by atoms with E-state index in [0.29, 0.717) is 28.4 Å². The van der Waals surface area contributed by atoms with Gasteiger partial charge in [-0.15, -0.1) is 21.5 Å². The van der Waals surface area contributed by atoms with E-state index in [4.69, 9.17) is 16.0 Å². The maximum absolute atomic E-state index is 12.2. The minimum absolute atomic E-state index is 0.213. The Morgan fingerprint density at radius 2 is 2.28 bits per heavy atom. The number of amides is 1. The zero-order valence-corrected chi connectivity index (χ0v) is 15.8. The van der Waals surface area contributed by atoms with Crippen LogP contribution in [0.2, 0.25) is 5.02 Å². The average Bonchev–Trinajstić information content (AvgIpc) is 3.19. The number of aromatic nitrogens is 4. The molecule has 1 amide bonds. The fraction of sp³-hybridized carbons (Fsp3) is 0.267. The molecule has 0 fully saturated rings. The molecular formula is C15H14ClN5O2S2. The smallest absolute Gasteiger partial charge is 0.277 e. The van der Waals surface area contributed by atoms with Crippen molar-refractivity contribution in [3.63, 3.8) is 0 Å². The van der Waals surface area contributed by atoms with Crippen LogP contribution in [0.1, 0.15) is 23.5 Å². The van der Waals surface area contributed by atoms with Crippen molar-refractivity contribution < 1.29 is 9.21 Å². The molecule has 25 heavy (non-hydrogen) atoms. The molecule has 3 rings (SSSR count). The van der Waals surface area contributed by atoms with Crippen LogP contribution >= 0.6 is 34.7 Å². The van der Waals surface area contributed by atoms with Crippen molar-refractivity contribution >= 4 is 46.4 Å². The van der Waals surface area contributed by atoms with Gasteiger partial charge >= 0.3 is 0 Å². The lowest BCUT2D eigenvalue weighted by Crippen LogP contribution is -2.22. The van der Waals surface area contributed by atoms with Crippen molar-refractivity contribution in [3.8, 4) is 0 Å². The second kappa shape index (κ2) is 7.94. The molecule has 10 heteroatoms. The Morgan fingerprint density at radius 3 is 2.96 bits per heavy atom. The van der Waals surface area contributed by atoms with Gasteiger partial charge in [0.2, 0.25) is 11.8 Å². The number of hydrogen-bond acceptors (Lipinski definition) is 8. The first kappa shape index (κ1) is 17.8. The summed E-state index contributed by atoms with van der Waals surface area (Å²) in [5, 5.41) is 14.1. The first-order valence-electron chi connectivity index (χ1n) is 7.32. The Labute approximate surface area is 157 Å². The first-order chi connectivity index (χ1) is 12.0. The summed E-state index contributed by atoms with van der Waals surface area (Å²) in [7, 11) is 0. The molecule has 0 spiro atoms. The molecule has 0 radical (unpaired) electrons. The number of nitrogens with zero attached hydrogens (tertiary/aromatic N) is 4. The third-order valence-corrected chi connectivity index (χ3v) is 5.05. The maximum atomic E-state index is 12.2. The zero-order chi connectivity index (χ0) is 17.8. The van der Waals surface area contributed by atoms with Gasteiger partial charge in [0.25, 0.3) is 5.22 Å². The van der Waals surface area contributed by atoms with Gasteiger partial charge in [0, 0.05) is 11.6 Å². The number of pyridine rings is 1. The highest BCUT2D eigenvalue weighted by molar-refractivity contribution is 8.00. The summed E-state index contributed by atoms with van der Waals surface area (Å²) >= 11 is 8.53. The molecule has 3 heterocycles. The summed E-state index contributed by atoms with van der Waals surface area (Å²) in [5.74, 6) is 0.696. The normalized spacial score (nSPS) is 12.1. The molecule has 1 atom stereocenters. The van der Waals surface area contributed by atoms with Gasteiger partial charge in [-0.1, -0.05) is 23.4 Å². The van der Waals surface area contributed by atoms with Crippen LogP contribution in [-0.2, 0) is 11.2 Å². The van der Waals surface area contributed by atoms with Gasteiger partial charge in [0.1, 0.15) is 5.82 Å². The van der Waals surface area contributed by atoms with Crippen LogP contribution in [0.25, 0.3) is 0 Å². The van der Waals surface area contributed by atoms with E-state index >= 15 is 0 Å². The molecule has 0 saturated heterocycles. The van der Waals surface area contributed by atoms with Crippen molar-refractivity contribution in [1.82, 2.24) is 20.2 Å². The van der Waals surface area contributed by atoms with Crippen LogP contribution < -0.4 is 5.32 Å². The second-order valence-electron chi connectivity index (χ2n) is 5.11. The van der Waals surface area contributed by atoms with Gasteiger partial charge in [0.15, 0.2) is 0 Å². The molecular weight excluding hydrogens is 382 g/mol. The predicted molar refractivity (Wildman–Crippen MR) is 97.2 cm³/mol. The SMILES string of the molecule is Cc1nc(Cc2nnc(S[C@@H](C)C(=O)Nc3ccc(Cl)cn3)o2)cs1. The van der Waals surface area contributed by atoms with Crippen molar-refractivity contribution in [3.05, 3.63) is 45.3 Å². The Bertz CT molecular complexity index is 865. The van der Waals surface area contributed by atoms with Gasteiger partial charge in [-0.05, 0) is 26.0 Å². The Morgan fingerprint density at radius 1 is 1.44 bits per heavy atom. The summed E-state index contributed by atoms with van der Waals surface area (Å²) in [6.45, 7) is 3.70. The van der Waals surface area contributed by atoms with Crippen LogP contribution in [0.4, 0.5) is 5.82 Å². The maximum Gasteiger partial charge on any atom is 0.277 e. The number of hydrogen-bond donors (Lipinski definition) is 1. The van der Waals surface area contributed by atoms with Crippen molar-refractivity contribution in [2.75, 3.05) is 5.32 Å². The monoisotopic (exact) mass is 395 g/mol. The van der Waals surface area contributed by atoms with E-state index in [1.165, 1.54) is 18.0 Å². The highest BCUT2D eigenvalue weighted by Crippen LogP contribution is 2.24. The van der Waals surface area contributed by atoms with Crippen LogP contribution in [0, 0.1) is 6.92 Å².